The Hall–Kier alpha value is -1.37. The van der Waals surface area contributed by atoms with E-state index in [1.165, 1.54) is 31.6 Å². The highest BCUT2D eigenvalue weighted by Crippen LogP contribution is 2.37. The predicted octanol–water partition coefficient (Wildman–Crippen LogP) is 3.86. The number of hydrogen-bond donors (Lipinski definition) is 0. The van der Waals surface area contributed by atoms with E-state index in [9.17, 15) is 9.18 Å². The summed E-state index contributed by atoms with van der Waals surface area (Å²) < 4.78 is 18.4. The Morgan fingerprint density at radius 1 is 1.35 bits per heavy atom. The van der Waals surface area contributed by atoms with Crippen LogP contribution in [0.15, 0.2) is 34.4 Å². The van der Waals surface area contributed by atoms with Crippen LogP contribution in [0.3, 0.4) is 0 Å². The monoisotopic (exact) mass is 332 g/mol. The molecule has 20 heavy (non-hydrogen) atoms. The summed E-state index contributed by atoms with van der Waals surface area (Å²) in [5, 5.41) is 0.311. The van der Waals surface area contributed by atoms with Gasteiger partial charge in [-0.15, -0.1) is 0 Å². The minimum Gasteiger partial charge on any atom is -0.465 e. The highest BCUT2D eigenvalue weighted by Gasteiger charge is 2.21. The van der Waals surface area contributed by atoms with Crippen molar-refractivity contribution in [2.75, 3.05) is 7.11 Å². The number of hydrogen-bond acceptors (Lipinski definition) is 5. The molecule has 0 fully saturated rings. The van der Waals surface area contributed by atoms with Crippen molar-refractivity contribution >= 4 is 40.9 Å². The Bertz CT molecular complexity index is 650. The Morgan fingerprint density at radius 3 is 2.75 bits per heavy atom. The van der Waals surface area contributed by atoms with Gasteiger partial charge in [0.2, 0.25) is 0 Å². The lowest BCUT2D eigenvalue weighted by molar-refractivity contribution is 0.0595. The van der Waals surface area contributed by atoms with Crippen LogP contribution in [0.1, 0.15) is 10.4 Å². The summed E-state index contributed by atoms with van der Waals surface area (Å²) in [6, 6.07) is 4.28. The van der Waals surface area contributed by atoms with Gasteiger partial charge in [-0.05, 0) is 12.1 Å². The average Bonchev–Trinajstić information content (AvgIpc) is 2.42. The normalized spacial score (nSPS) is 10.4. The number of rotatable bonds is 3. The fourth-order valence-electron chi connectivity index (χ4n) is 1.38. The number of halogens is 3. The van der Waals surface area contributed by atoms with E-state index in [-0.39, 0.29) is 25.7 Å². The molecule has 0 amide bonds. The zero-order valence-electron chi connectivity index (χ0n) is 10.1. The Balaban J connectivity index is 2.49. The number of carbonyl (C=O) groups is 1. The Morgan fingerprint density at radius 2 is 2.10 bits per heavy atom. The average molecular weight is 333 g/mol. The molecule has 0 unspecified atom stereocenters. The summed E-state index contributed by atoms with van der Waals surface area (Å²) in [7, 11) is 1.20. The first-order valence-electron chi connectivity index (χ1n) is 5.25. The topological polar surface area (TPSA) is 52.1 Å². The second-order valence-corrected chi connectivity index (χ2v) is 5.25. The zero-order chi connectivity index (χ0) is 14.7. The molecular weight excluding hydrogens is 326 g/mol. The minimum absolute atomic E-state index is 0.0269. The molecule has 2 rings (SSSR count). The van der Waals surface area contributed by atoms with Gasteiger partial charge in [-0.25, -0.2) is 19.2 Å². The lowest BCUT2D eigenvalue weighted by Gasteiger charge is -2.09. The SMILES string of the molecule is COC(=O)c1c(Cl)ncnc1Sc1c(F)cccc1Cl. The zero-order valence-corrected chi connectivity index (χ0v) is 12.4. The van der Waals surface area contributed by atoms with Crippen molar-refractivity contribution in [3.05, 3.63) is 46.1 Å². The summed E-state index contributed by atoms with van der Waals surface area (Å²) >= 11 is 12.7. The van der Waals surface area contributed by atoms with Crippen LogP contribution >= 0.6 is 35.0 Å². The lowest BCUT2D eigenvalue weighted by atomic mass is 10.3. The Kier molecular flexibility index (Phi) is 4.80. The molecule has 4 nitrogen and oxygen atoms in total. The Labute approximate surface area is 128 Å². The lowest BCUT2D eigenvalue weighted by Crippen LogP contribution is -2.07. The molecule has 0 spiro atoms. The van der Waals surface area contributed by atoms with Crippen molar-refractivity contribution in [1.29, 1.82) is 0 Å². The molecule has 0 aliphatic heterocycles. The molecule has 0 saturated carbocycles. The molecule has 0 aliphatic rings. The molecule has 1 heterocycles. The number of ether oxygens (including phenoxy) is 1. The predicted molar refractivity (Wildman–Crippen MR) is 73.9 cm³/mol. The first-order chi connectivity index (χ1) is 9.54. The fraction of sp³-hybridized carbons (Fsp3) is 0.0833. The molecule has 8 heteroatoms. The van der Waals surface area contributed by atoms with E-state index in [0.29, 0.717) is 0 Å². The van der Waals surface area contributed by atoms with Crippen LogP contribution in [0.5, 0.6) is 0 Å². The number of carbonyl (C=O) groups excluding carboxylic acids is 1. The van der Waals surface area contributed by atoms with Gasteiger partial charge in [-0.2, -0.15) is 0 Å². The third kappa shape index (κ3) is 3.03. The maximum Gasteiger partial charge on any atom is 0.343 e. The summed E-state index contributed by atoms with van der Waals surface area (Å²) in [5.74, 6) is -1.22. The van der Waals surface area contributed by atoms with Crippen LogP contribution in [0, 0.1) is 5.82 Å². The van der Waals surface area contributed by atoms with Crippen LogP contribution in [0.4, 0.5) is 4.39 Å². The quantitative estimate of drug-likeness (QED) is 0.631. The third-order valence-corrected chi connectivity index (χ3v) is 4.11. The molecule has 0 radical (unpaired) electrons. The molecule has 104 valence electrons. The summed E-state index contributed by atoms with van der Waals surface area (Å²) in [4.78, 5) is 19.5. The van der Waals surface area contributed by atoms with Crippen molar-refractivity contribution in [2.24, 2.45) is 0 Å². The first-order valence-corrected chi connectivity index (χ1v) is 6.82. The number of benzene rings is 1. The van der Waals surface area contributed by atoms with Crippen LogP contribution in [0.25, 0.3) is 0 Å². The molecule has 0 aliphatic carbocycles. The van der Waals surface area contributed by atoms with Gasteiger partial charge in [0, 0.05) is 0 Å². The summed E-state index contributed by atoms with van der Waals surface area (Å²) in [5.41, 5.74) is -0.0269. The van der Waals surface area contributed by atoms with Gasteiger partial charge in [0.25, 0.3) is 0 Å². The number of aromatic nitrogens is 2. The molecular formula is C12H7Cl2FN2O2S. The van der Waals surface area contributed by atoms with Gasteiger partial charge in [0.15, 0.2) is 0 Å². The van der Waals surface area contributed by atoms with Crippen LogP contribution < -0.4 is 0 Å². The van der Waals surface area contributed by atoms with E-state index >= 15 is 0 Å². The third-order valence-electron chi connectivity index (χ3n) is 2.27. The fourth-order valence-corrected chi connectivity index (χ4v) is 2.83. The first kappa shape index (κ1) is 15.0. The second-order valence-electron chi connectivity index (χ2n) is 3.49. The molecule has 2 aromatic rings. The van der Waals surface area contributed by atoms with Gasteiger partial charge in [0.1, 0.15) is 27.9 Å². The van der Waals surface area contributed by atoms with Gasteiger partial charge < -0.3 is 4.74 Å². The molecule has 0 N–H and O–H groups in total. The highest BCUT2D eigenvalue weighted by atomic mass is 35.5. The van der Waals surface area contributed by atoms with Crippen molar-refractivity contribution in [2.45, 2.75) is 9.92 Å². The standard InChI is InChI=1S/C12H7Cl2FN2O2S/c1-19-12(18)8-10(14)16-5-17-11(8)20-9-6(13)3-2-4-7(9)15/h2-5H,1H3. The van der Waals surface area contributed by atoms with Gasteiger partial charge in [0.05, 0.1) is 17.0 Å². The van der Waals surface area contributed by atoms with E-state index < -0.39 is 11.8 Å². The van der Waals surface area contributed by atoms with Gasteiger partial charge in [-0.1, -0.05) is 41.0 Å². The maximum absolute atomic E-state index is 13.8. The van der Waals surface area contributed by atoms with Crippen molar-refractivity contribution in [1.82, 2.24) is 9.97 Å². The van der Waals surface area contributed by atoms with E-state index in [1.54, 1.807) is 0 Å². The molecule has 1 aromatic carbocycles. The van der Waals surface area contributed by atoms with Crippen LogP contribution in [0.2, 0.25) is 10.2 Å². The van der Waals surface area contributed by atoms with E-state index in [1.807, 2.05) is 0 Å². The number of esters is 1. The van der Waals surface area contributed by atoms with Gasteiger partial charge in [-0.3, -0.25) is 0 Å². The molecule has 0 bridgehead atoms. The van der Waals surface area contributed by atoms with Crippen LogP contribution in [-0.4, -0.2) is 23.0 Å². The van der Waals surface area contributed by atoms with E-state index in [4.69, 9.17) is 23.2 Å². The number of methoxy groups -OCH3 is 1. The van der Waals surface area contributed by atoms with Gasteiger partial charge >= 0.3 is 5.97 Å². The summed E-state index contributed by atoms with van der Waals surface area (Å²) in [6.07, 6.45) is 1.17. The van der Waals surface area contributed by atoms with E-state index in [0.717, 1.165) is 11.8 Å². The molecule has 1 aromatic heterocycles. The van der Waals surface area contributed by atoms with Crippen molar-refractivity contribution < 1.29 is 13.9 Å². The maximum atomic E-state index is 13.8. The molecule has 0 saturated heterocycles. The largest absolute Gasteiger partial charge is 0.465 e. The van der Waals surface area contributed by atoms with Crippen molar-refractivity contribution in [3.63, 3.8) is 0 Å². The van der Waals surface area contributed by atoms with E-state index in [2.05, 4.69) is 14.7 Å². The second kappa shape index (κ2) is 6.39. The molecule has 0 atom stereocenters. The summed E-state index contributed by atoms with van der Waals surface area (Å²) in [6.45, 7) is 0. The number of nitrogens with zero attached hydrogens (tertiary/aromatic N) is 2. The van der Waals surface area contributed by atoms with Crippen LogP contribution in [-0.2, 0) is 4.74 Å². The highest BCUT2D eigenvalue weighted by molar-refractivity contribution is 7.99. The minimum atomic E-state index is -0.703. The van der Waals surface area contributed by atoms with Crippen molar-refractivity contribution in [3.8, 4) is 0 Å². The smallest absolute Gasteiger partial charge is 0.343 e.